The van der Waals surface area contributed by atoms with E-state index in [1.54, 1.807) is 18.2 Å². The Morgan fingerprint density at radius 1 is 1.04 bits per heavy atom. The van der Waals surface area contributed by atoms with Crippen molar-refractivity contribution >= 4 is 28.9 Å². The van der Waals surface area contributed by atoms with Gasteiger partial charge in [0.2, 0.25) is 5.90 Å². The quantitative estimate of drug-likeness (QED) is 0.517. The molecule has 0 radical (unpaired) electrons. The minimum atomic E-state index is -0.593. The molecule has 27 heavy (non-hydrogen) atoms. The largest absolute Gasteiger partial charge is 0.463 e. The Kier molecular flexibility index (Phi) is 4.20. The minimum absolute atomic E-state index is 0.0699. The SMILES string of the molecule is CC(C)c1ccc2occ(/C=C3/N=C(c4ccccc4)OC3=O)c(=O)c2c1. The van der Waals surface area contributed by atoms with Gasteiger partial charge in [-0.05, 0) is 41.8 Å². The summed E-state index contributed by atoms with van der Waals surface area (Å²) in [4.78, 5) is 29.2. The molecule has 0 bridgehead atoms. The van der Waals surface area contributed by atoms with Crippen molar-refractivity contribution in [1.82, 2.24) is 0 Å². The Labute approximate surface area is 155 Å². The van der Waals surface area contributed by atoms with Crippen LogP contribution in [0.15, 0.2) is 74.7 Å². The molecule has 0 saturated heterocycles. The van der Waals surface area contributed by atoms with Gasteiger partial charge in [-0.3, -0.25) is 4.79 Å². The van der Waals surface area contributed by atoms with Gasteiger partial charge in [-0.2, -0.15) is 0 Å². The summed E-state index contributed by atoms with van der Waals surface area (Å²) in [6, 6.07) is 14.7. The molecule has 0 unspecified atom stereocenters. The number of cyclic esters (lactones) is 1. The van der Waals surface area contributed by atoms with Crippen LogP contribution in [0.4, 0.5) is 0 Å². The van der Waals surface area contributed by atoms with Gasteiger partial charge in [0, 0.05) is 5.56 Å². The zero-order chi connectivity index (χ0) is 19.0. The highest BCUT2D eigenvalue weighted by molar-refractivity contribution is 6.12. The van der Waals surface area contributed by atoms with Crippen LogP contribution in [-0.4, -0.2) is 11.9 Å². The average Bonchev–Trinajstić information content (AvgIpc) is 3.05. The van der Waals surface area contributed by atoms with Crippen LogP contribution in [-0.2, 0) is 9.53 Å². The van der Waals surface area contributed by atoms with Crippen molar-refractivity contribution in [2.24, 2.45) is 4.99 Å². The highest BCUT2D eigenvalue weighted by Crippen LogP contribution is 2.22. The highest BCUT2D eigenvalue weighted by atomic mass is 16.6. The Balaban J connectivity index is 1.78. The van der Waals surface area contributed by atoms with Gasteiger partial charge in [0.15, 0.2) is 11.1 Å². The van der Waals surface area contributed by atoms with E-state index < -0.39 is 5.97 Å². The maximum atomic E-state index is 12.8. The van der Waals surface area contributed by atoms with E-state index in [1.165, 1.54) is 12.3 Å². The van der Waals surface area contributed by atoms with E-state index in [0.717, 1.165) is 5.56 Å². The molecule has 0 N–H and O–H groups in total. The zero-order valence-corrected chi connectivity index (χ0v) is 14.9. The van der Waals surface area contributed by atoms with E-state index in [0.29, 0.717) is 22.5 Å². The lowest BCUT2D eigenvalue weighted by Gasteiger charge is -2.06. The molecule has 0 amide bonds. The number of benzene rings is 2. The maximum Gasteiger partial charge on any atom is 0.363 e. The lowest BCUT2D eigenvalue weighted by Crippen LogP contribution is -2.07. The lowest BCUT2D eigenvalue weighted by atomic mass is 10.0. The van der Waals surface area contributed by atoms with Gasteiger partial charge in [0.1, 0.15) is 11.8 Å². The third-order valence-electron chi connectivity index (χ3n) is 4.42. The second-order valence-electron chi connectivity index (χ2n) is 6.63. The third-order valence-corrected chi connectivity index (χ3v) is 4.42. The van der Waals surface area contributed by atoms with Crippen molar-refractivity contribution in [1.29, 1.82) is 0 Å². The fraction of sp³-hybridized carbons (Fsp3) is 0.136. The van der Waals surface area contributed by atoms with E-state index in [-0.39, 0.29) is 22.6 Å². The Hall–Kier alpha value is -3.47. The van der Waals surface area contributed by atoms with Crippen LogP contribution in [0.5, 0.6) is 0 Å². The summed E-state index contributed by atoms with van der Waals surface area (Å²) in [6.07, 6.45) is 2.75. The predicted molar refractivity (Wildman–Crippen MR) is 104 cm³/mol. The first-order valence-corrected chi connectivity index (χ1v) is 8.66. The summed E-state index contributed by atoms with van der Waals surface area (Å²) in [5, 5.41) is 0.481. The summed E-state index contributed by atoms with van der Waals surface area (Å²) < 4.78 is 10.8. The van der Waals surface area contributed by atoms with Crippen molar-refractivity contribution in [2.75, 3.05) is 0 Å². The van der Waals surface area contributed by atoms with Crippen molar-refractivity contribution in [3.8, 4) is 0 Å². The molecule has 2 aromatic carbocycles. The Bertz CT molecular complexity index is 1150. The third kappa shape index (κ3) is 3.19. The molecule has 0 spiro atoms. The summed E-state index contributed by atoms with van der Waals surface area (Å²) >= 11 is 0. The summed E-state index contributed by atoms with van der Waals surface area (Å²) in [5.74, 6) is -0.0814. The van der Waals surface area contributed by atoms with E-state index in [9.17, 15) is 9.59 Å². The Morgan fingerprint density at radius 2 is 1.81 bits per heavy atom. The van der Waals surface area contributed by atoms with Crippen LogP contribution in [0.3, 0.4) is 0 Å². The second kappa shape index (κ2) is 6.68. The molecule has 1 aliphatic heterocycles. The van der Waals surface area contributed by atoms with Gasteiger partial charge in [-0.25, -0.2) is 9.79 Å². The van der Waals surface area contributed by atoms with Crippen LogP contribution in [0.1, 0.15) is 36.5 Å². The fourth-order valence-corrected chi connectivity index (χ4v) is 2.88. The molecule has 1 aliphatic rings. The van der Waals surface area contributed by atoms with Crippen LogP contribution < -0.4 is 5.43 Å². The number of hydrogen-bond donors (Lipinski definition) is 0. The van der Waals surface area contributed by atoms with Crippen LogP contribution in [0, 0.1) is 0 Å². The highest BCUT2D eigenvalue weighted by Gasteiger charge is 2.24. The predicted octanol–water partition coefficient (Wildman–Crippen LogP) is 4.26. The standard InChI is InChI=1S/C22H17NO4/c1-13(2)15-8-9-19-17(10-15)20(24)16(12-26-19)11-18-22(25)27-21(23-18)14-6-4-3-5-7-14/h3-13H,1-2H3/b18-11+. The number of rotatable bonds is 3. The van der Waals surface area contributed by atoms with Crippen molar-refractivity contribution in [3.05, 3.63) is 87.4 Å². The first-order valence-electron chi connectivity index (χ1n) is 8.66. The van der Waals surface area contributed by atoms with Crippen LogP contribution >= 0.6 is 0 Å². The zero-order valence-electron chi connectivity index (χ0n) is 14.9. The second-order valence-corrected chi connectivity index (χ2v) is 6.63. The normalized spacial score (nSPS) is 15.4. The molecule has 4 rings (SSSR count). The van der Waals surface area contributed by atoms with Crippen molar-refractivity contribution in [3.63, 3.8) is 0 Å². The number of aliphatic imine (C=N–C) groups is 1. The number of carbonyl (C=O) groups is 1. The summed E-state index contributed by atoms with van der Waals surface area (Å²) in [5.41, 5.74) is 2.37. The van der Waals surface area contributed by atoms with Crippen LogP contribution in [0.25, 0.3) is 17.0 Å². The van der Waals surface area contributed by atoms with Gasteiger partial charge in [-0.1, -0.05) is 38.1 Å². The smallest absolute Gasteiger partial charge is 0.363 e. The summed E-state index contributed by atoms with van der Waals surface area (Å²) in [7, 11) is 0. The first kappa shape index (κ1) is 17.0. The van der Waals surface area contributed by atoms with E-state index in [4.69, 9.17) is 9.15 Å². The lowest BCUT2D eigenvalue weighted by molar-refractivity contribution is -0.129. The molecule has 5 heteroatoms. The molecule has 2 heterocycles. The molecular weight excluding hydrogens is 342 g/mol. The minimum Gasteiger partial charge on any atom is -0.463 e. The van der Waals surface area contributed by atoms with Crippen LogP contribution in [0.2, 0.25) is 0 Å². The van der Waals surface area contributed by atoms with E-state index in [2.05, 4.69) is 18.8 Å². The number of carbonyl (C=O) groups excluding carboxylic acids is 1. The molecule has 3 aromatic rings. The number of ether oxygens (including phenoxy) is 1. The number of hydrogen-bond acceptors (Lipinski definition) is 5. The van der Waals surface area contributed by atoms with Crippen molar-refractivity contribution in [2.45, 2.75) is 19.8 Å². The number of nitrogens with zero attached hydrogens (tertiary/aromatic N) is 1. The fourth-order valence-electron chi connectivity index (χ4n) is 2.88. The molecule has 0 aliphatic carbocycles. The first-order chi connectivity index (χ1) is 13.0. The van der Waals surface area contributed by atoms with Gasteiger partial charge in [0.25, 0.3) is 0 Å². The average molecular weight is 359 g/mol. The molecule has 134 valence electrons. The molecule has 0 saturated carbocycles. The maximum absolute atomic E-state index is 12.8. The monoisotopic (exact) mass is 359 g/mol. The molecule has 0 atom stereocenters. The number of esters is 1. The molecule has 5 nitrogen and oxygen atoms in total. The molecule has 0 fully saturated rings. The van der Waals surface area contributed by atoms with E-state index in [1.807, 2.05) is 30.3 Å². The number of fused-ring (bicyclic) bond motifs is 1. The molecule has 1 aromatic heterocycles. The van der Waals surface area contributed by atoms with Crippen molar-refractivity contribution < 1.29 is 13.9 Å². The van der Waals surface area contributed by atoms with Gasteiger partial charge < -0.3 is 9.15 Å². The Morgan fingerprint density at radius 3 is 2.56 bits per heavy atom. The van der Waals surface area contributed by atoms with Gasteiger partial charge in [-0.15, -0.1) is 0 Å². The topological polar surface area (TPSA) is 68.9 Å². The summed E-state index contributed by atoms with van der Waals surface area (Å²) in [6.45, 7) is 4.12. The van der Waals surface area contributed by atoms with Gasteiger partial charge >= 0.3 is 5.97 Å². The van der Waals surface area contributed by atoms with Gasteiger partial charge in [0.05, 0.1) is 10.9 Å². The van der Waals surface area contributed by atoms with E-state index >= 15 is 0 Å². The molecular formula is C22H17NO4.